The van der Waals surface area contributed by atoms with Crippen molar-refractivity contribution in [2.45, 2.75) is 24.8 Å². The molecule has 0 saturated heterocycles. The zero-order valence-corrected chi connectivity index (χ0v) is 15.4. The van der Waals surface area contributed by atoms with Crippen molar-refractivity contribution < 1.29 is 23.9 Å². The molecule has 0 radical (unpaired) electrons. The molecule has 1 atom stereocenters. The van der Waals surface area contributed by atoms with Crippen LogP contribution in [0, 0.1) is 0 Å². The molecular weight excluding hydrogens is 346 g/mol. The van der Waals surface area contributed by atoms with Crippen molar-refractivity contribution in [3.63, 3.8) is 0 Å². The number of ether oxygens (including phenoxy) is 2. The number of carbonyl (C=O) groups is 3. The molecule has 0 bridgehead atoms. The van der Waals surface area contributed by atoms with Gasteiger partial charge in [-0.15, -0.1) is 0 Å². The average molecular weight is 369 g/mol. The molecule has 27 heavy (non-hydrogen) atoms. The van der Waals surface area contributed by atoms with E-state index in [1.807, 2.05) is 60.7 Å². The normalized spacial score (nSPS) is 11.5. The van der Waals surface area contributed by atoms with Crippen molar-refractivity contribution in [3.8, 4) is 0 Å². The number of esters is 2. The Bertz CT molecular complexity index is 721. The number of amides is 1. The number of nitrogens with one attached hydrogen (secondary N) is 1. The molecule has 1 amide bonds. The molecule has 142 valence electrons. The number of benzene rings is 2. The van der Waals surface area contributed by atoms with E-state index in [1.165, 1.54) is 14.2 Å². The predicted octanol–water partition coefficient (Wildman–Crippen LogP) is 2.43. The highest BCUT2D eigenvalue weighted by Gasteiger charge is 2.28. The number of hydrogen-bond acceptors (Lipinski definition) is 5. The summed E-state index contributed by atoms with van der Waals surface area (Å²) in [6, 6.07) is 17.7. The van der Waals surface area contributed by atoms with E-state index in [1.54, 1.807) is 0 Å². The topological polar surface area (TPSA) is 81.7 Å². The SMILES string of the molecule is COC(=O)CC[C@H](NC(=O)C(c1ccccc1)c1ccccc1)C(=O)OC. The van der Waals surface area contributed by atoms with Crippen molar-refractivity contribution in [2.75, 3.05) is 14.2 Å². The van der Waals surface area contributed by atoms with Crippen molar-refractivity contribution in [2.24, 2.45) is 0 Å². The second-order valence-corrected chi connectivity index (χ2v) is 5.95. The van der Waals surface area contributed by atoms with Crippen LogP contribution in [0.4, 0.5) is 0 Å². The molecule has 0 aliphatic rings. The van der Waals surface area contributed by atoms with Crippen LogP contribution < -0.4 is 5.32 Å². The molecule has 0 unspecified atom stereocenters. The maximum Gasteiger partial charge on any atom is 0.328 e. The quantitative estimate of drug-likeness (QED) is 0.723. The highest BCUT2D eigenvalue weighted by molar-refractivity contribution is 5.91. The Morgan fingerprint density at radius 3 is 1.81 bits per heavy atom. The molecule has 1 N–H and O–H groups in total. The van der Waals surface area contributed by atoms with E-state index >= 15 is 0 Å². The first-order chi connectivity index (χ1) is 13.1. The highest BCUT2D eigenvalue weighted by atomic mass is 16.5. The second kappa shape index (κ2) is 10.1. The molecule has 0 saturated carbocycles. The van der Waals surface area contributed by atoms with Gasteiger partial charge in [-0.3, -0.25) is 9.59 Å². The van der Waals surface area contributed by atoms with Crippen molar-refractivity contribution in [1.82, 2.24) is 5.32 Å². The van der Waals surface area contributed by atoms with E-state index in [9.17, 15) is 14.4 Å². The average Bonchev–Trinajstić information content (AvgIpc) is 2.72. The third kappa shape index (κ3) is 5.67. The molecular formula is C21H23NO5. The van der Waals surface area contributed by atoms with E-state index in [0.29, 0.717) is 0 Å². The third-order valence-electron chi connectivity index (χ3n) is 4.20. The zero-order valence-electron chi connectivity index (χ0n) is 15.4. The lowest BCUT2D eigenvalue weighted by atomic mass is 9.90. The molecule has 2 rings (SSSR count). The molecule has 0 heterocycles. The van der Waals surface area contributed by atoms with Crippen LogP contribution in [-0.2, 0) is 23.9 Å². The molecule has 6 nitrogen and oxygen atoms in total. The minimum Gasteiger partial charge on any atom is -0.469 e. The zero-order chi connectivity index (χ0) is 19.6. The Labute approximate surface area is 158 Å². The third-order valence-corrected chi connectivity index (χ3v) is 4.20. The Morgan fingerprint density at radius 2 is 1.37 bits per heavy atom. The van der Waals surface area contributed by atoms with Gasteiger partial charge >= 0.3 is 11.9 Å². The number of rotatable bonds is 8. The lowest BCUT2D eigenvalue weighted by Crippen LogP contribution is -2.44. The van der Waals surface area contributed by atoms with E-state index in [-0.39, 0.29) is 18.7 Å². The van der Waals surface area contributed by atoms with Gasteiger partial charge in [-0.05, 0) is 17.5 Å². The van der Waals surface area contributed by atoms with E-state index in [4.69, 9.17) is 4.74 Å². The summed E-state index contributed by atoms with van der Waals surface area (Å²) in [6.45, 7) is 0. The largest absolute Gasteiger partial charge is 0.469 e. The Kier molecular flexibility index (Phi) is 7.55. The Morgan fingerprint density at radius 1 is 0.852 bits per heavy atom. The van der Waals surface area contributed by atoms with Crippen LogP contribution in [0.3, 0.4) is 0 Å². The van der Waals surface area contributed by atoms with Crippen LogP contribution in [0.1, 0.15) is 29.9 Å². The first kappa shape index (κ1) is 20.2. The lowest BCUT2D eigenvalue weighted by Gasteiger charge is -2.22. The number of methoxy groups -OCH3 is 2. The van der Waals surface area contributed by atoms with Gasteiger partial charge in [-0.2, -0.15) is 0 Å². The van der Waals surface area contributed by atoms with Gasteiger partial charge in [-0.25, -0.2) is 4.79 Å². The first-order valence-corrected chi connectivity index (χ1v) is 8.61. The Balaban J connectivity index is 2.25. The fourth-order valence-corrected chi connectivity index (χ4v) is 2.80. The predicted molar refractivity (Wildman–Crippen MR) is 99.9 cm³/mol. The molecule has 0 aliphatic carbocycles. The van der Waals surface area contributed by atoms with Gasteiger partial charge in [0, 0.05) is 6.42 Å². The maximum atomic E-state index is 13.1. The van der Waals surface area contributed by atoms with Gasteiger partial charge in [0.15, 0.2) is 0 Å². The second-order valence-electron chi connectivity index (χ2n) is 5.95. The minimum atomic E-state index is -0.934. The van der Waals surface area contributed by atoms with Crippen LogP contribution in [0.2, 0.25) is 0 Å². The van der Waals surface area contributed by atoms with Crippen molar-refractivity contribution in [1.29, 1.82) is 0 Å². The van der Waals surface area contributed by atoms with Gasteiger partial charge in [0.2, 0.25) is 5.91 Å². The fourth-order valence-electron chi connectivity index (χ4n) is 2.80. The monoisotopic (exact) mass is 369 g/mol. The van der Waals surface area contributed by atoms with E-state index in [0.717, 1.165) is 11.1 Å². The van der Waals surface area contributed by atoms with Crippen LogP contribution >= 0.6 is 0 Å². The maximum absolute atomic E-state index is 13.1. The van der Waals surface area contributed by atoms with Crippen LogP contribution in [0.5, 0.6) is 0 Å². The molecule has 0 aromatic heterocycles. The van der Waals surface area contributed by atoms with Gasteiger partial charge in [0.25, 0.3) is 0 Å². The van der Waals surface area contributed by atoms with Gasteiger partial charge in [-0.1, -0.05) is 60.7 Å². The number of carbonyl (C=O) groups excluding carboxylic acids is 3. The summed E-state index contributed by atoms with van der Waals surface area (Å²) < 4.78 is 9.37. The molecule has 0 spiro atoms. The minimum absolute atomic E-state index is 0.00210. The Hall–Kier alpha value is -3.15. The molecule has 2 aromatic rings. The van der Waals surface area contributed by atoms with Crippen molar-refractivity contribution >= 4 is 17.8 Å². The summed E-state index contributed by atoms with van der Waals surface area (Å²) in [6.07, 6.45) is 0.0965. The van der Waals surface area contributed by atoms with Gasteiger partial charge in [0.05, 0.1) is 20.1 Å². The number of hydrogen-bond donors (Lipinski definition) is 1. The van der Waals surface area contributed by atoms with Gasteiger partial charge < -0.3 is 14.8 Å². The first-order valence-electron chi connectivity index (χ1n) is 8.61. The molecule has 6 heteroatoms. The summed E-state index contributed by atoms with van der Waals surface area (Å²) in [4.78, 5) is 36.5. The fraction of sp³-hybridized carbons (Fsp3) is 0.286. The van der Waals surface area contributed by atoms with Crippen LogP contribution in [-0.4, -0.2) is 38.1 Å². The standard InChI is InChI=1S/C21H23NO5/c1-26-18(23)14-13-17(21(25)27-2)22-20(24)19(15-9-5-3-6-10-15)16-11-7-4-8-12-16/h3-12,17,19H,13-14H2,1-2H3,(H,22,24)/t17-/m0/s1. The molecule has 2 aromatic carbocycles. The van der Waals surface area contributed by atoms with Crippen LogP contribution in [0.25, 0.3) is 0 Å². The summed E-state index contributed by atoms with van der Waals surface area (Å²) >= 11 is 0. The van der Waals surface area contributed by atoms with E-state index < -0.39 is 23.9 Å². The molecule has 0 aliphatic heterocycles. The summed E-state index contributed by atoms with van der Waals surface area (Å²) in [5.41, 5.74) is 1.61. The highest BCUT2D eigenvalue weighted by Crippen LogP contribution is 2.25. The summed E-state index contributed by atoms with van der Waals surface area (Å²) in [5, 5.41) is 2.72. The summed E-state index contributed by atoms with van der Waals surface area (Å²) in [7, 11) is 2.51. The molecule has 0 fully saturated rings. The smallest absolute Gasteiger partial charge is 0.328 e. The van der Waals surface area contributed by atoms with Crippen molar-refractivity contribution in [3.05, 3.63) is 71.8 Å². The van der Waals surface area contributed by atoms with Gasteiger partial charge in [0.1, 0.15) is 6.04 Å². The lowest BCUT2D eigenvalue weighted by molar-refractivity contribution is -0.146. The summed E-state index contributed by atoms with van der Waals surface area (Å²) in [5.74, 6) is -1.99. The van der Waals surface area contributed by atoms with Crippen LogP contribution in [0.15, 0.2) is 60.7 Å². The van der Waals surface area contributed by atoms with E-state index in [2.05, 4.69) is 10.1 Å².